The predicted octanol–water partition coefficient (Wildman–Crippen LogP) is 4.97. The van der Waals surface area contributed by atoms with Crippen molar-refractivity contribution in [3.05, 3.63) is 92.3 Å². The van der Waals surface area contributed by atoms with E-state index in [2.05, 4.69) is 10.5 Å². The fourth-order valence-electron chi connectivity index (χ4n) is 3.95. The van der Waals surface area contributed by atoms with Crippen molar-refractivity contribution >= 4 is 33.7 Å². The number of nitrogens with one attached hydrogen (secondary N) is 1. The summed E-state index contributed by atoms with van der Waals surface area (Å²) < 4.78 is 14.8. The highest BCUT2D eigenvalue weighted by Crippen LogP contribution is 2.34. The number of aromatic nitrogens is 2. The Morgan fingerprint density at radius 1 is 1.10 bits per heavy atom. The molecule has 0 fully saturated rings. The van der Waals surface area contributed by atoms with Gasteiger partial charge in [0.25, 0.3) is 5.56 Å². The Morgan fingerprint density at radius 2 is 1.87 bits per heavy atom. The van der Waals surface area contributed by atoms with Crippen LogP contribution in [0, 0.1) is 5.82 Å². The van der Waals surface area contributed by atoms with E-state index in [9.17, 15) is 9.18 Å². The number of rotatable bonds is 5. The molecule has 0 amide bonds. The largest absolute Gasteiger partial charge is 0.272 e. The molecule has 0 bridgehead atoms. The molecule has 4 aromatic rings. The van der Waals surface area contributed by atoms with Gasteiger partial charge in [-0.05, 0) is 54.5 Å². The lowest BCUT2D eigenvalue weighted by Crippen LogP contribution is -2.25. The quantitative estimate of drug-likeness (QED) is 0.358. The van der Waals surface area contributed by atoms with Gasteiger partial charge < -0.3 is 0 Å². The Labute approximate surface area is 182 Å². The summed E-state index contributed by atoms with van der Waals surface area (Å²) in [7, 11) is 0. The van der Waals surface area contributed by atoms with Crippen LogP contribution in [0.3, 0.4) is 0 Å². The fourth-order valence-corrected chi connectivity index (χ4v) is 5.20. The third kappa shape index (κ3) is 4.01. The van der Waals surface area contributed by atoms with Gasteiger partial charge in [-0.15, -0.1) is 11.3 Å². The Hall–Kier alpha value is -3.32. The molecule has 2 heterocycles. The van der Waals surface area contributed by atoms with Crippen molar-refractivity contribution in [1.82, 2.24) is 9.55 Å². The van der Waals surface area contributed by atoms with Crippen LogP contribution >= 0.6 is 11.3 Å². The van der Waals surface area contributed by atoms with Crippen LogP contribution in [0.5, 0.6) is 0 Å². The number of hydrazone groups is 1. The van der Waals surface area contributed by atoms with E-state index in [0.29, 0.717) is 12.5 Å². The molecule has 2 aromatic heterocycles. The van der Waals surface area contributed by atoms with Gasteiger partial charge in [0.05, 0.1) is 18.1 Å². The SMILES string of the molecule is O=c1c2c3c(sc2nc(N/N=C/c2ccc(F)cc2)n1Cc1ccccc1)CCCC3. The topological polar surface area (TPSA) is 59.3 Å². The number of aryl methyl sites for hydroxylation is 2. The molecule has 5 nitrogen and oxygen atoms in total. The number of halogens is 1. The van der Waals surface area contributed by atoms with Gasteiger partial charge in [-0.3, -0.25) is 9.36 Å². The zero-order chi connectivity index (χ0) is 21.2. The van der Waals surface area contributed by atoms with Crippen LogP contribution in [0.4, 0.5) is 10.3 Å². The second-order valence-corrected chi connectivity index (χ2v) is 8.71. The summed E-state index contributed by atoms with van der Waals surface area (Å²) in [4.78, 5) is 20.4. The number of anilines is 1. The average molecular weight is 433 g/mol. The predicted molar refractivity (Wildman–Crippen MR) is 124 cm³/mol. The maximum Gasteiger partial charge on any atom is 0.264 e. The molecule has 2 aromatic carbocycles. The zero-order valence-corrected chi connectivity index (χ0v) is 17.7. The first-order valence-corrected chi connectivity index (χ1v) is 11.1. The van der Waals surface area contributed by atoms with Gasteiger partial charge >= 0.3 is 0 Å². The van der Waals surface area contributed by atoms with E-state index < -0.39 is 0 Å². The highest BCUT2D eigenvalue weighted by molar-refractivity contribution is 7.18. The van der Waals surface area contributed by atoms with Crippen molar-refractivity contribution in [2.24, 2.45) is 5.10 Å². The summed E-state index contributed by atoms with van der Waals surface area (Å²) in [5.74, 6) is 0.105. The number of nitrogens with zero attached hydrogens (tertiary/aromatic N) is 3. The van der Waals surface area contributed by atoms with Crippen LogP contribution in [-0.4, -0.2) is 15.8 Å². The van der Waals surface area contributed by atoms with E-state index in [1.807, 2.05) is 30.3 Å². The summed E-state index contributed by atoms with van der Waals surface area (Å²) in [5, 5.41) is 5.01. The van der Waals surface area contributed by atoms with Crippen molar-refractivity contribution in [3.63, 3.8) is 0 Å². The molecule has 0 unspecified atom stereocenters. The molecule has 0 aliphatic heterocycles. The molecule has 7 heteroatoms. The van der Waals surface area contributed by atoms with E-state index in [4.69, 9.17) is 4.98 Å². The minimum absolute atomic E-state index is 0.0345. The molecule has 1 aliphatic rings. The maximum atomic E-state index is 13.6. The summed E-state index contributed by atoms with van der Waals surface area (Å²) in [6, 6.07) is 15.9. The van der Waals surface area contributed by atoms with Crippen LogP contribution < -0.4 is 11.0 Å². The molecule has 1 N–H and O–H groups in total. The molecule has 0 spiro atoms. The Balaban J connectivity index is 1.57. The number of hydrogen-bond donors (Lipinski definition) is 1. The second-order valence-electron chi connectivity index (χ2n) is 7.62. The van der Waals surface area contributed by atoms with Gasteiger partial charge in [-0.25, -0.2) is 14.8 Å². The third-order valence-corrected chi connectivity index (χ3v) is 6.69. The second kappa shape index (κ2) is 8.43. The van der Waals surface area contributed by atoms with Gasteiger partial charge in [0.1, 0.15) is 10.6 Å². The molecule has 5 rings (SSSR count). The fraction of sp³-hybridized carbons (Fsp3) is 0.208. The lowest BCUT2D eigenvalue weighted by molar-refractivity contribution is 0.628. The normalized spacial score (nSPS) is 13.6. The minimum atomic E-state index is -0.296. The van der Waals surface area contributed by atoms with Crippen LogP contribution in [0.2, 0.25) is 0 Å². The first-order valence-electron chi connectivity index (χ1n) is 10.3. The monoisotopic (exact) mass is 432 g/mol. The Bertz CT molecular complexity index is 1310. The van der Waals surface area contributed by atoms with Gasteiger partial charge in [0, 0.05) is 4.88 Å². The summed E-state index contributed by atoms with van der Waals surface area (Å²) in [6.45, 7) is 0.404. The smallest absolute Gasteiger partial charge is 0.264 e. The highest BCUT2D eigenvalue weighted by Gasteiger charge is 2.22. The van der Waals surface area contributed by atoms with Crippen molar-refractivity contribution in [1.29, 1.82) is 0 Å². The molecule has 0 saturated carbocycles. The zero-order valence-electron chi connectivity index (χ0n) is 16.8. The number of fused-ring (bicyclic) bond motifs is 3. The van der Waals surface area contributed by atoms with Crippen LogP contribution in [0.1, 0.15) is 34.4 Å². The number of hydrogen-bond acceptors (Lipinski definition) is 5. The first-order chi connectivity index (χ1) is 15.2. The van der Waals surface area contributed by atoms with E-state index in [1.165, 1.54) is 22.6 Å². The molecule has 156 valence electrons. The highest BCUT2D eigenvalue weighted by atomic mass is 32.1. The molecule has 0 radical (unpaired) electrons. The first kappa shape index (κ1) is 19.6. The third-order valence-electron chi connectivity index (χ3n) is 5.51. The maximum absolute atomic E-state index is 13.6. The van der Waals surface area contributed by atoms with E-state index in [1.54, 1.807) is 34.3 Å². The summed E-state index contributed by atoms with van der Waals surface area (Å²) in [6.07, 6.45) is 5.80. The average Bonchev–Trinajstić information content (AvgIpc) is 3.17. The van der Waals surface area contributed by atoms with Gasteiger partial charge in [0.2, 0.25) is 5.95 Å². The Morgan fingerprint density at radius 3 is 2.68 bits per heavy atom. The van der Waals surface area contributed by atoms with Crippen molar-refractivity contribution < 1.29 is 4.39 Å². The number of benzene rings is 2. The standard InChI is InChI=1S/C24H21FN4OS/c25-18-12-10-16(11-13-18)14-26-28-24-27-22-21(19-8-4-5-9-20(19)31-22)23(30)29(24)15-17-6-2-1-3-7-17/h1-3,6-7,10-14H,4-5,8-9,15H2,(H,27,28)/b26-14+. The van der Waals surface area contributed by atoms with Crippen LogP contribution in [0.25, 0.3) is 10.2 Å². The molecule has 1 aliphatic carbocycles. The molecule has 31 heavy (non-hydrogen) atoms. The van der Waals surface area contributed by atoms with Crippen molar-refractivity contribution in [3.8, 4) is 0 Å². The minimum Gasteiger partial charge on any atom is -0.272 e. The van der Waals surface area contributed by atoms with Crippen molar-refractivity contribution in [2.75, 3.05) is 5.43 Å². The van der Waals surface area contributed by atoms with Crippen molar-refractivity contribution in [2.45, 2.75) is 32.2 Å². The van der Waals surface area contributed by atoms with Gasteiger partial charge in [-0.2, -0.15) is 5.10 Å². The molecular formula is C24H21FN4OS. The molecule has 0 saturated heterocycles. The van der Waals surface area contributed by atoms with Crippen LogP contribution in [0.15, 0.2) is 64.5 Å². The van der Waals surface area contributed by atoms with Gasteiger partial charge in [0.15, 0.2) is 0 Å². The number of thiophene rings is 1. The lowest BCUT2D eigenvalue weighted by Gasteiger charge is -2.13. The van der Waals surface area contributed by atoms with E-state index >= 15 is 0 Å². The molecular weight excluding hydrogens is 411 g/mol. The van der Waals surface area contributed by atoms with Gasteiger partial charge in [-0.1, -0.05) is 42.5 Å². The van der Waals surface area contributed by atoms with E-state index in [0.717, 1.165) is 47.0 Å². The van der Waals surface area contributed by atoms with E-state index in [-0.39, 0.29) is 11.4 Å². The molecule has 0 atom stereocenters. The lowest BCUT2D eigenvalue weighted by atomic mass is 9.97. The summed E-state index contributed by atoms with van der Waals surface area (Å²) in [5.41, 5.74) is 5.85. The van der Waals surface area contributed by atoms with Crippen LogP contribution in [-0.2, 0) is 19.4 Å². The summed E-state index contributed by atoms with van der Waals surface area (Å²) >= 11 is 1.62. The Kier molecular flexibility index (Phi) is 5.34.